The Labute approximate surface area is 204 Å². The van der Waals surface area contributed by atoms with Crippen molar-refractivity contribution in [2.45, 2.75) is 64.1 Å². The van der Waals surface area contributed by atoms with Gasteiger partial charge < -0.3 is 19.3 Å². The normalized spacial score (nSPS) is 21.0. The van der Waals surface area contributed by atoms with Gasteiger partial charge in [0.15, 0.2) is 18.2 Å². The third-order valence-electron chi connectivity index (χ3n) is 6.86. The average molecular weight is 487 g/mol. The van der Waals surface area contributed by atoms with Crippen molar-refractivity contribution in [2.24, 2.45) is 0 Å². The second-order valence-corrected chi connectivity index (χ2v) is 9.43. The first-order valence-corrected chi connectivity index (χ1v) is 12.3. The highest BCUT2D eigenvalue weighted by Gasteiger charge is 2.29. The summed E-state index contributed by atoms with van der Waals surface area (Å²) in [5.74, 6) is -0.933. The molecule has 35 heavy (non-hydrogen) atoms. The highest BCUT2D eigenvalue weighted by Crippen LogP contribution is 2.25. The molecule has 2 saturated heterocycles. The minimum Gasteiger partial charge on any atom is -0.487 e. The van der Waals surface area contributed by atoms with E-state index >= 15 is 0 Å². The van der Waals surface area contributed by atoms with Crippen LogP contribution in [0.4, 0.5) is 8.78 Å². The van der Waals surface area contributed by atoms with Gasteiger partial charge in [0, 0.05) is 49.6 Å². The number of carbonyl (C=O) groups excluding carboxylic acids is 2. The second kappa shape index (κ2) is 11.1. The minimum atomic E-state index is -0.729. The summed E-state index contributed by atoms with van der Waals surface area (Å²) in [6, 6.07) is 10.5. The Morgan fingerprint density at radius 1 is 0.943 bits per heavy atom. The molecule has 2 amide bonds. The standard InChI is InChI=1S/C27H32F2N2O4/c1-18-4-3-5-19(2)31(18)26(32)17-34-22-9-6-20(7-10-22)27(33)30-14-12-23(13-15-30)35-25-11-8-21(28)16-24(25)29/h6-11,16,18-19,23H,3-5,12-15,17H2,1-2H3. The Morgan fingerprint density at radius 2 is 1.60 bits per heavy atom. The summed E-state index contributed by atoms with van der Waals surface area (Å²) in [5.41, 5.74) is 0.533. The molecule has 2 unspecified atom stereocenters. The lowest BCUT2D eigenvalue weighted by molar-refractivity contribution is -0.139. The van der Waals surface area contributed by atoms with Crippen LogP contribution in [0, 0.1) is 11.6 Å². The molecule has 2 aliphatic heterocycles. The van der Waals surface area contributed by atoms with Gasteiger partial charge in [-0.3, -0.25) is 9.59 Å². The number of nitrogens with zero attached hydrogens (tertiary/aromatic N) is 2. The van der Waals surface area contributed by atoms with Gasteiger partial charge in [-0.2, -0.15) is 0 Å². The van der Waals surface area contributed by atoms with Gasteiger partial charge in [-0.05, 0) is 69.5 Å². The van der Waals surface area contributed by atoms with Crippen LogP contribution < -0.4 is 9.47 Å². The summed E-state index contributed by atoms with van der Waals surface area (Å²) < 4.78 is 38.3. The van der Waals surface area contributed by atoms with Gasteiger partial charge in [-0.25, -0.2) is 8.78 Å². The molecule has 2 aliphatic rings. The van der Waals surface area contributed by atoms with E-state index in [1.165, 1.54) is 6.07 Å². The van der Waals surface area contributed by atoms with Crippen molar-refractivity contribution in [2.75, 3.05) is 19.7 Å². The molecule has 8 heteroatoms. The van der Waals surface area contributed by atoms with Crippen LogP contribution in [0.2, 0.25) is 0 Å². The van der Waals surface area contributed by atoms with Gasteiger partial charge in [0.25, 0.3) is 11.8 Å². The molecule has 4 rings (SSSR count). The van der Waals surface area contributed by atoms with E-state index in [4.69, 9.17) is 9.47 Å². The Hall–Kier alpha value is -3.16. The maximum Gasteiger partial charge on any atom is 0.260 e. The summed E-state index contributed by atoms with van der Waals surface area (Å²) >= 11 is 0. The van der Waals surface area contributed by atoms with Gasteiger partial charge >= 0.3 is 0 Å². The van der Waals surface area contributed by atoms with Gasteiger partial charge in [0.05, 0.1) is 0 Å². The summed E-state index contributed by atoms with van der Waals surface area (Å²) in [5, 5.41) is 0. The lowest BCUT2D eigenvalue weighted by Crippen LogP contribution is -2.49. The zero-order chi connectivity index (χ0) is 24.9. The number of hydrogen-bond donors (Lipinski definition) is 0. The molecule has 2 fully saturated rings. The summed E-state index contributed by atoms with van der Waals surface area (Å²) in [6.45, 7) is 5.08. The van der Waals surface area contributed by atoms with Crippen molar-refractivity contribution in [3.8, 4) is 11.5 Å². The Kier molecular flexibility index (Phi) is 7.88. The van der Waals surface area contributed by atoms with Crippen LogP contribution in [0.1, 0.15) is 56.3 Å². The third-order valence-corrected chi connectivity index (χ3v) is 6.86. The smallest absolute Gasteiger partial charge is 0.260 e. The van der Waals surface area contributed by atoms with Crippen LogP contribution in [-0.4, -0.2) is 59.5 Å². The zero-order valence-corrected chi connectivity index (χ0v) is 20.2. The minimum absolute atomic E-state index is 0.0181. The number of likely N-dealkylation sites (tertiary alicyclic amines) is 2. The fraction of sp³-hybridized carbons (Fsp3) is 0.481. The summed E-state index contributed by atoms with van der Waals surface area (Å²) in [6.07, 6.45) is 4.04. The van der Waals surface area contributed by atoms with E-state index in [9.17, 15) is 18.4 Å². The predicted molar refractivity (Wildman–Crippen MR) is 127 cm³/mol. The number of halogens is 2. The average Bonchev–Trinajstić information content (AvgIpc) is 2.85. The van der Waals surface area contributed by atoms with E-state index in [1.807, 2.05) is 4.90 Å². The molecule has 2 aromatic rings. The van der Waals surface area contributed by atoms with Gasteiger partial charge in [-0.15, -0.1) is 0 Å². The molecule has 2 heterocycles. The van der Waals surface area contributed by atoms with Crippen LogP contribution in [0.15, 0.2) is 42.5 Å². The molecule has 0 aliphatic carbocycles. The third kappa shape index (κ3) is 6.10. The monoisotopic (exact) mass is 486 g/mol. The number of piperidine rings is 2. The fourth-order valence-corrected chi connectivity index (χ4v) is 4.94. The number of rotatable bonds is 6. The molecule has 0 aromatic heterocycles. The van der Waals surface area contributed by atoms with Crippen LogP contribution in [-0.2, 0) is 4.79 Å². The topological polar surface area (TPSA) is 59.1 Å². The van der Waals surface area contributed by atoms with Crippen molar-refractivity contribution in [3.05, 3.63) is 59.7 Å². The molecule has 0 spiro atoms. The van der Waals surface area contributed by atoms with E-state index in [0.29, 0.717) is 37.2 Å². The summed E-state index contributed by atoms with van der Waals surface area (Å²) in [7, 11) is 0. The van der Waals surface area contributed by atoms with E-state index in [2.05, 4.69) is 13.8 Å². The van der Waals surface area contributed by atoms with Crippen molar-refractivity contribution >= 4 is 11.8 Å². The first-order chi connectivity index (χ1) is 16.8. The van der Waals surface area contributed by atoms with E-state index in [1.54, 1.807) is 29.2 Å². The van der Waals surface area contributed by atoms with Crippen molar-refractivity contribution in [1.29, 1.82) is 0 Å². The zero-order valence-electron chi connectivity index (χ0n) is 20.2. The predicted octanol–water partition coefficient (Wildman–Crippen LogP) is 4.82. The van der Waals surface area contributed by atoms with E-state index in [-0.39, 0.29) is 42.4 Å². The Balaban J connectivity index is 1.25. The highest BCUT2D eigenvalue weighted by atomic mass is 19.1. The summed E-state index contributed by atoms with van der Waals surface area (Å²) in [4.78, 5) is 29.2. The Morgan fingerprint density at radius 3 is 2.23 bits per heavy atom. The second-order valence-electron chi connectivity index (χ2n) is 9.43. The Bertz CT molecular complexity index is 1030. The SMILES string of the molecule is CC1CCCC(C)N1C(=O)COc1ccc(C(=O)N2CCC(Oc3ccc(F)cc3F)CC2)cc1. The number of hydrogen-bond acceptors (Lipinski definition) is 4. The van der Waals surface area contributed by atoms with Crippen LogP contribution in [0.25, 0.3) is 0 Å². The lowest BCUT2D eigenvalue weighted by atomic mass is 9.97. The fourth-order valence-electron chi connectivity index (χ4n) is 4.94. The molecular weight excluding hydrogens is 454 g/mol. The number of amides is 2. The van der Waals surface area contributed by atoms with Crippen LogP contribution in [0.5, 0.6) is 11.5 Å². The number of carbonyl (C=O) groups is 2. The van der Waals surface area contributed by atoms with Crippen LogP contribution >= 0.6 is 0 Å². The van der Waals surface area contributed by atoms with Crippen molar-refractivity contribution < 1.29 is 27.8 Å². The maximum atomic E-state index is 13.8. The van der Waals surface area contributed by atoms with Gasteiger partial charge in [-0.1, -0.05) is 0 Å². The van der Waals surface area contributed by atoms with Crippen molar-refractivity contribution in [3.63, 3.8) is 0 Å². The van der Waals surface area contributed by atoms with Crippen LogP contribution in [0.3, 0.4) is 0 Å². The highest BCUT2D eigenvalue weighted by molar-refractivity contribution is 5.94. The maximum absolute atomic E-state index is 13.8. The number of ether oxygens (including phenoxy) is 2. The molecule has 2 aromatic carbocycles. The first kappa shape index (κ1) is 24.9. The molecular formula is C27H32F2N2O4. The molecule has 0 N–H and O–H groups in total. The van der Waals surface area contributed by atoms with Crippen molar-refractivity contribution in [1.82, 2.24) is 9.80 Å². The van der Waals surface area contributed by atoms with E-state index in [0.717, 1.165) is 31.4 Å². The molecule has 6 nitrogen and oxygen atoms in total. The largest absolute Gasteiger partial charge is 0.487 e. The quantitative estimate of drug-likeness (QED) is 0.588. The molecule has 2 atom stereocenters. The number of benzene rings is 2. The lowest BCUT2D eigenvalue weighted by Gasteiger charge is -2.38. The van der Waals surface area contributed by atoms with Gasteiger partial charge in [0.1, 0.15) is 17.7 Å². The molecule has 0 bridgehead atoms. The van der Waals surface area contributed by atoms with E-state index < -0.39 is 11.6 Å². The van der Waals surface area contributed by atoms with Gasteiger partial charge in [0.2, 0.25) is 0 Å². The molecule has 188 valence electrons. The molecule has 0 saturated carbocycles. The first-order valence-electron chi connectivity index (χ1n) is 12.3. The molecule has 0 radical (unpaired) electrons.